The van der Waals surface area contributed by atoms with E-state index in [1.807, 2.05) is 10.6 Å². The number of rotatable bonds is 3. The van der Waals surface area contributed by atoms with Crippen LogP contribution < -0.4 is 4.90 Å². The molecule has 2 aromatic heterocycles. The summed E-state index contributed by atoms with van der Waals surface area (Å²) in [5.41, 5.74) is 1.32. The number of fused-ring (bicyclic) bond motifs is 1. The van der Waals surface area contributed by atoms with Gasteiger partial charge in [0.2, 0.25) is 5.65 Å². The number of nitrogens with zero attached hydrogens (tertiary/aromatic N) is 6. The van der Waals surface area contributed by atoms with Gasteiger partial charge in [-0.15, -0.1) is 10.2 Å². The highest BCUT2D eigenvalue weighted by atomic mass is 35.5. The molecule has 3 aromatic rings. The molecule has 0 aliphatic carbocycles. The lowest BCUT2D eigenvalue weighted by molar-refractivity contribution is 0.281. The largest absolute Gasteiger partial charge is 0.352 e. The number of hydrogen-bond acceptors (Lipinski definition) is 5. The molecule has 0 amide bonds. The van der Waals surface area contributed by atoms with Crippen LogP contribution in [0.5, 0.6) is 0 Å². The molecule has 1 aromatic carbocycles. The maximum Gasteiger partial charge on any atom is 0.203 e. The quantitative estimate of drug-likeness (QED) is 0.718. The first kappa shape index (κ1) is 16.2. The highest BCUT2D eigenvalue weighted by molar-refractivity contribution is 6.31. The summed E-state index contributed by atoms with van der Waals surface area (Å²) < 4.78 is 15.9. The molecular weight excluding hydrogens is 343 g/mol. The Morgan fingerprint density at radius 1 is 1.16 bits per heavy atom. The SMILES string of the molecule is Fc1cccc(Cl)c1CN1CCCN(c2nccn3cnnc23)CC1. The van der Waals surface area contributed by atoms with Crippen molar-refractivity contribution in [2.75, 3.05) is 31.1 Å². The Labute approximate surface area is 149 Å². The van der Waals surface area contributed by atoms with Crippen molar-refractivity contribution in [2.45, 2.75) is 13.0 Å². The second kappa shape index (κ2) is 6.93. The molecule has 1 saturated heterocycles. The highest BCUT2D eigenvalue weighted by Crippen LogP contribution is 2.23. The highest BCUT2D eigenvalue weighted by Gasteiger charge is 2.20. The van der Waals surface area contributed by atoms with Crippen molar-refractivity contribution in [1.82, 2.24) is 24.5 Å². The van der Waals surface area contributed by atoms with Gasteiger partial charge in [0.05, 0.1) is 0 Å². The second-order valence-corrected chi connectivity index (χ2v) is 6.54. The van der Waals surface area contributed by atoms with E-state index in [0.29, 0.717) is 17.1 Å². The smallest absolute Gasteiger partial charge is 0.203 e. The van der Waals surface area contributed by atoms with E-state index < -0.39 is 0 Å². The zero-order valence-electron chi connectivity index (χ0n) is 13.6. The van der Waals surface area contributed by atoms with Crippen LogP contribution in [-0.4, -0.2) is 50.7 Å². The first-order valence-electron chi connectivity index (χ1n) is 8.27. The van der Waals surface area contributed by atoms with E-state index >= 15 is 0 Å². The van der Waals surface area contributed by atoms with Gasteiger partial charge < -0.3 is 4.90 Å². The van der Waals surface area contributed by atoms with Gasteiger partial charge in [-0.3, -0.25) is 9.30 Å². The topological polar surface area (TPSA) is 49.6 Å². The first-order chi connectivity index (χ1) is 12.2. The molecule has 6 nitrogen and oxygen atoms in total. The summed E-state index contributed by atoms with van der Waals surface area (Å²) in [5, 5.41) is 8.59. The Morgan fingerprint density at radius 2 is 2.08 bits per heavy atom. The summed E-state index contributed by atoms with van der Waals surface area (Å²) >= 11 is 6.16. The predicted octanol–water partition coefficient (Wildman–Crippen LogP) is 2.63. The Bertz CT molecular complexity index is 862. The van der Waals surface area contributed by atoms with Crippen LogP contribution in [0.4, 0.5) is 10.2 Å². The maximum atomic E-state index is 14.0. The number of anilines is 1. The molecule has 25 heavy (non-hydrogen) atoms. The van der Waals surface area contributed by atoms with E-state index in [-0.39, 0.29) is 5.82 Å². The van der Waals surface area contributed by atoms with Crippen LogP contribution in [0, 0.1) is 5.82 Å². The van der Waals surface area contributed by atoms with Gasteiger partial charge in [-0.1, -0.05) is 17.7 Å². The first-order valence-corrected chi connectivity index (χ1v) is 8.65. The lowest BCUT2D eigenvalue weighted by Crippen LogP contribution is -2.31. The number of benzene rings is 1. The van der Waals surface area contributed by atoms with Crippen molar-refractivity contribution in [3.63, 3.8) is 0 Å². The molecule has 0 bridgehead atoms. The van der Waals surface area contributed by atoms with E-state index in [4.69, 9.17) is 11.6 Å². The number of hydrogen-bond donors (Lipinski definition) is 0. The van der Waals surface area contributed by atoms with Crippen LogP contribution in [0.3, 0.4) is 0 Å². The van der Waals surface area contributed by atoms with E-state index in [1.165, 1.54) is 6.07 Å². The third-order valence-corrected chi connectivity index (χ3v) is 4.88. The van der Waals surface area contributed by atoms with Crippen LogP contribution in [0.2, 0.25) is 5.02 Å². The minimum Gasteiger partial charge on any atom is -0.352 e. The Morgan fingerprint density at radius 3 is 2.96 bits per heavy atom. The molecule has 0 saturated carbocycles. The van der Waals surface area contributed by atoms with Gasteiger partial charge in [0.1, 0.15) is 12.1 Å². The summed E-state index contributed by atoms with van der Waals surface area (Å²) in [6.45, 7) is 3.88. The molecule has 130 valence electrons. The van der Waals surface area contributed by atoms with Crippen molar-refractivity contribution in [1.29, 1.82) is 0 Å². The molecule has 4 rings (SSSR count). The summed E-state index contributed by atoms with van der Waals surface area (Å²) in [5.74, 6) is 0.592. The summed E-state index contributed by atoms with van der Waals surface area (Å²) in [6, 6.07) is 4.83. The van der Waals surface area contributed by atoms with Crippen molar-refractivity contribution < 1.29 is 4.39 Å². The Kier molecular flexibility index (Phi) is 4.50. The van der Waals surface area contributed by atoms with Crippen LogP contribution in [0.1, 0.15) is 12.0 Å². The van der Waals surface area contributed by atoms with Crippen molar-refractivity contribution >= 4 is 23.1 Å². The zero-order chi connectivity index (χ0) is 17.2. The summed E-state index contributed by atoms with van der Waals surface area (Å²) in [4.78, 5) is 8.93. The standard InChI is InChI=1S/C17H18ClFN6/c18-14-3-1-4-15(19)13(14)11-23-6-2-7-24(10-9-23)16-17-22-21-12-25(17)8-5-20-16/h1,3-5,8,12H,2,6-7,9-11H2. The van der Waals surface area contributed by atoms with Crippen molar-refractivity contribution in [3.8, 4) is 0 Å². The molecule has 0 N–H and O–H groups in total. The molecule has 3 heterocycles. The van der Waals surface area contributed by atoms with E-state index in [0.717, 1.165) is 44.1 Å². The number of aromatic nitrogens is 4. The molecule has 0 unspecified atom stereocenters. The van der Waals surface area contributed by atoms with E-state index in [9.17, 15) is 4.39 Å². The molecular formula is C17H18ClFN6. The van der Waals surface area contributed by atoms with Crippen LogP contribution in [-0.2, 0) is 6.54 Å². The van der Waals surface area contributed by atoms with Gasteiger partial charge in [-0.05, 0) is 18.6 Å². The molecule has 8 heteroatoms. The van der Waals surface area contributed by atoms with Crippen LogP contribution in [0.15, 0.2) is 36.9 Å². The molecule has 1 fully saturated rings. The second-order valence-electron chi connectivity index (χ2n) is 6.13. The van der Waals surface area contributed by atoms with Gasteiger partial charge in [-0.25, -0.2) is 9.37 Å². The van der Waals surface area contributed by atoms with E-state index in [2.05, 4.69) is 25.0 Å². The normalized spacial score (nSPS) is 16.3. The van der Waals surface area contributed by atoms with Gasteiger partial charge in [-0.2, -0.15) is 0 Å². The predicted molar refractivity (Wildman–Crippen MR) is 94.3 cm³/mol. The summed E-state index contributed by atoms with van der Waals surface area (Å²) in [6.07, 6.45) is 6.23. The summed E-state index contributed by atoms with van der Waals surface area (Å²) in [7, 11) is 0. The average Bonchev–Trinajstić information content (AvgIpc) is 2.97. The molecule has 0 spiro atoms. The lowest BCUT2D eigenvalue weighted by atomic mass is 10.2. The van der Waals surface area contributed by atoms with Crippen LogP contribution >= 0.6 is 11.6 Å². The fraction of sp³-hybridized carbons (Fsp3) is 0.353. The van der Waals surface area contributed by atoms with Crippen molar-refractivity contribution in [3.05, 3.63) is 53.3 Å². The van der Waals surface area contributed by atoms with Gasteiger partial charge in [0, 0.05) is 55.7 Å². The fourth-order valence-electron chi connectivity index (χ4n) is 3.22. The minimum absolute atomic E-state index is 0.247. The maximum absolute atomic E-state index is 14.0. The molecule has 1 aliphatic rings. The van der Waals surface area contributed by atoms with E-state index in [1.54, 1.807) is 24.7 Å². The lowest BCUT2D eigenvalue weighted by Gasteiger charge is -2.23. The third-order valence-electron chi connectivity index (χ3n) is 4.53. The van der Waals surface area contributed by atoms with Gasteiger partial charge >= 0.3 is 0 Å². The third kappa shape index (κ3) is 3.29. The fourth-order valence-corrected chi connectivity index (χ4v) is 3.44. The monoisotopic (exact) mass is 360 g/mol. The minimum atomic E-state index is -0.247. The molecule has 0 radical (unpaired) electrons. The average molecular weight is 361 g/mol. The molecule has 0 atom stereocenters. The zero-order valence-corrected chi connectivity index (χ0v) is 14.4. The molecule has 1 aliphatic heterocycles. The number of halogens is 2. The van der Waals surface area contributed by atoms with Crippen LogP contribution in [0.25, 0.3) is 5.65 Å². The van der Waals surface area contributed by atoms with Gasteiger partial charge in [0.15, 0.2) is 5.82 Å². The van der Waals surface area contributed by atoms with Gasteiger partial charge in [0.25, 0.3) is 0 Å². The Hall–Kier alpha value is -2.25. The Balaban J connectivity index is 1.50. The van der Waals surface area contributed by atoms with Crippen molar-refractivity contribution in [2.24, 2.45) is 0 Å².